The topological polar surface area (TPSA) is 0 Å². The van der Waals surface area contributed by atoms with Crippen LogP contribution in [0.1, 0.15) is 32.8 Å². The first-order valence-corrected chi connectivity index (χ1v) is 7.24. The zero-order chi connectivity index (χ0) is 12.3. The molecule has 0 saturated carbocycles. The lowest BCUT2D eigenvalue weighted by atomic mass is 9.78. The van der Waals surface area contributed by atoms with E-state index in [4.69, 9.17) is 0 Å². The molecule has 90 valence electrons. The summed E-state index contributed by atoms with van der Waals surface area (Å²) in [4.78, 5) is 1.42. The standard InChI is InChI=1S/C16H20S/c1-4-17-15-12-8-7-11-14(15)16(2,3)13-9-5-6-10-13/h5,7-12H,4,6H2,1-3H3. The highest BCUT2D eigenvalue weighted by molar-refractivity contribution is 7.99. The summed E-state index contributed by atoms with van der Waals surface area (Å²) in [5.74, 6) is 1.13. The van der Waals surface area contributed by atoms with Crippen molar-refractivity contribution in [1.29, 1.82) is 0 Å². The summed E-state index contributed by atoms with van der Waals surface area (Å²) in [6, 6.07) is 8.79. The van der Waals surface area contributed by atoms with Crippen LogP contribution in [-0.2, 0) is 5.41 Å². The Balaban J connectivity index is 2.41. The Labute approximate surface area is 109 Å². The van der Waals surface area contributed by atoms with Gasteiger partial charge in [0.05, 0.1) is 0 Å². The van der Waals surface area contributed by atoms with Crippen LogP contribution in [0.5, 0.6) is 0 Å². The van der Waals surface area contributed by atoms with Crippen LogP contribution >= 0.6 is 11.8 Å². The smallest absolute Gasteiger partial charge is 0.0154 e. The van der Waals surface area contributed by atoms with Gasteiger partial charge in [0, 0.05) is 10.3 Å². The molecule has 1 heteroatoms. The molecule has 0 spiro atoms. The molecule has 1 aliphatic carbocycles. The normalized spacial score (nSPS) is 15.1. The molecule has 0 radical (unpaired) electrons. The zero-order valence-corrected chi connectivity index (χ0v) is 11.7. The van der Waals surface area contributed by atoms with Crippen molar-refractivity contribution < 1.29 is 0 Å². The largest absolute Gasteiger partial charge is 0.126 e. The molecule has 0 N–H and O–H groups in total. The second-order valence-electron chi connectivity index (χ2n) is 4.85. The van der Waals surface area contributed by atoms with Crippen LogP contribution in [0, 0.1) is 0 Å². The first-order chi connectivity index (χ1) is 8.16. The molecule has 0 atom stereocenters. The highest BCUT2D eigenvalue weighted by atomic mass is 32.2. The van der Waals surface area contributed by atoms with Crippen LogP contribution in [0.4, 0.5) is 0 Å². The molecule has 0 heterocycles. The maximum atomic E-state index is 2.34. The van der Waals surface area contributed by atoms with Crippen LogP contribution in [0.25, 0.3) is 0 Å². The molecule has 0 aliphatic heterocycles. The van der Waals surface area contributed by atoms with Crippen molar-refractivity contribution in [1.82, 2.24) is 0 Å². The summed E-state index contributed by atoms with van der Waals surface area (Å²) in [6.07, 6.45) is 7.94. The van der Waals surface area contributed by atoms with E-state index in [9.17, 15) is 0 Å². The molecule has 0 unspecified atom stereocenters. The Morgan fingerprint density at radius 1 is 1.24 bits per heavy atom. The molecule has 0 amide bonds. The van der Waals surface area contributed by atoms with E-state index in [-0.39, 0.29) is 5.41 Å². The lowest BCUT2D eigenvalue weighted by molar-refractivity contribution is 0.626. The first kappa shape index (κ1) is 12.5. The third kappa shape index (κ3) is 2.50. The summed E-state index contributed by atoms with van der Waals surface area (Å²) >= 11 is 1.94. The number of rotatable bonds is 4. The maximum absolute atomic E-state index is 2.34. The van der Waals surface area contributed by atoms with E-state index in [1.165, 1.54) is 16.0 Å². The SMILES string of the molecule is CCSc1ccccc1C(C)(C)C1=CCC=C1. The average molecular weight is 244 g/mol. The highest BCUT2D eigenvalue weighted by Gasteiger charge is 2.27. The second kappa shape index (κ2) is 5.14. The van der Waals surface area contributed by atoms with Crippen molar-refractivity contribution in [2.24, 2.45) is 0 Å². The van der Waals surface area contributed by atoms with Gasteiger partial charge in [-0.1, -0.05) is 57.2 Å². The van der Waals surface area contributed by atoms with Gasteiger partial charge in [-0.2, -0.15) is 0 Å². The Hall–Kier alpha value is -0.950. The van der Waals surface area contributed by atoms with Crippen LogP contribution in [0.3, 0.4) is 0 Å². The molecule has 0 aromatic heterocycles. The van der Waals surface area contributed by atoms with Crippen LogP contribution in [0.15, 0.2) is 53.0 Å². The summed E-state index contributed by atoms with van der Waals surface area (Å²) in [5, 5.41) is 0. The minimum absolute atomic E-state index is 0.117. The molecular weight excluding hydrogens is 224 g/mol. The quantitative estimate of drug-likeness (QED) is 0.674. The van der Waals surface area contributed by atoms with Crippen LogP contribution in [0.2, 0.25) is 0 Å². The fraction of sp³-hybridized carbons (Fsp3) is 0.375. The fourth-order valence-corrected chi connectivity index (χ4v) is 3.31. The van der Waals surface area contributed by atoms with Crippen LogP contribution in [-0.4, -0.2) is 5.75 Å². The van der Waals surface area contributed by atoms with Gasteiger partial charge in [-0.15, -0.1) is 11.8 Å². The fourth-order valence-electron chi connectivity index (χ4n) is 2.34. The number of allylic oxidation sites excluding steroid dienone is 4. The first-order valence-electron chi connectivity index (χ1n) is 6.25. The van der Waals surface area contributed by atoms with Gasteiger partial charge in [0.25, 0.3) is 0 Å². The van der Waals surface area contributed by atoms with Crippen molar-refractivity contribution in [3.05, 3.63) is 53.6 Å². The summed E-state index contributed by atoms with van der Waals surface area (Å²) in [7, 11) is 0. The van der Waals surface area contributed by atoms with Crippen molar-refractivity contribution >= 4 is 11.8 Å². The lowest BCUT2D eigenvalue weighted by Crippen LogP contribution is -2.19. The lowest BCUT2D eigenvalue weighted by Gasteiger charge is -2.28. The van der Waals surface area contributed by atoms with Crippen molar-refractivity contribution in [3.63, 3.8) is 0 Å². The van der Waals surface area contributed by atoms with Gasteiger partial charge in [0.2, 0.25) is 0 Å². The Kier molecular flexibility index (Phi) is 3.78. The Bertz CT molecular complexity index is 452. The van der Waals surface area contributed by atoms with E-state index >= 15 is 0 Å². The van der Waals surface area contributed by atoms with E-state index in [0.29, 0.717) is 0 Å². The average Bonchev–Trinajstić information content (AvgIpc) is 2.84. The molecule has 2 rings (SSSR count). The zero-order valence-electron chi connectivity index (χ0n) is 10.9. The minimum Gasteiger partial charge on any atom is -0.126 e. The minimum atomic E-state index is 0.117. The van der Waals surface area contributed by atoms with E-state index in [0.717, 1.165) is 12.2 Å². The van der Waals surface area contributed by atoms with E-state index in [1.807, 2.05) is 11.8 Å². The Morgan fingerprint density at radius 3 is 2.65 bits per heavy atom. The Morgan fingerprint density at radius 2 is 2.00 bits per heavy atom. The molecular formula is C16H20S. The van der Waals surface area contributed by atoms with Gasteiger partial charge in [0.1, 0.15) is 0 Å². The van der Waals surface area contributed by atoms with E-state index in [2.05, 4.69) is 63.3 Å². The van der Waals surface area contributed by atoms with Crippen LogP contribution < -0.4 is 0 Å². The monoisotopic (exact) mass is 244 g/mol. The summed E-state index contributed by atoms with van der Waals surface area (Å²) in [6.45, 7) is 6.86. The second-order valence-corrected chi connectivity index (χ2v) is 6.16. The molecule has 0 nitrogen and oxygen atoms in total. The van der Waals surface area contributed by atoms with E-state index < -0.39 is 0 Å². The molecule has 17 heavy (non-hydrogen) atoms. The van der Waals surface area contributed by atoms with Gasteiger partial charge in [-0.05, 0) is 29.4 Å². The third-order valence-corrected chi connectivity index (χ3v) is 4.31. The van der Waals surface area contributed by atoms with Gasteiger partial charge in [-0.25, -0.2) is 0 Å². The number of hydrogen-bond acceptors (Lipinski definition) is 1. The molecule has 1 aliphatic rings. The molecule has 1 aromatic rings. The molecule has 0 fully saturated rings. The van der Waals surface area contributed by atoms with Gasteiger partial charge >= 0.3 is 0 Å². The van der Waals surface area contributed by atoms with Gasteiger partial charge < -0.3 is 0 Å². The molecule has 0 saturated heterocycles. The van der Waals surface area contributed by atoms with Crippen molar-refractivity contribution in [2.75, 3.05) is 5.75 Å². The third-order valence-electron chi connectivity index (χ3n) is 3.35. The molecule has 0 bridgehead atoms. The number of thioether (sulfide) groups is 1. The van der Waals surface area contributed by atoms with Gasteiger partial charge in [0.15, 0.2) is 0 Å². The van der Waals surface area contributed by atoms with E-state index in [1.54, 1.807) is 0 Å². The highest BCUT2D eigenvalue weighted by Crippen LogP contribution is 2.39. The number of hydrogen-bond donors (Lipinski definition) is 0. The predicted molar refractivity (Wildman–Crippen MR) is 77.7 cm³/mol. The summed E-state index contributed by atoms with van der Waals surface area (Å²) < 4.78 is 0. The molecule has 1 aromatic carbocycles. The maximum Gasteiger partial charge on any atom is 0.0154 e. The predicted octanol–water partition coefficient (Wildman–Crippen LogP) is 4.96. The van der Waals surface area contributed by atoms with Crippen molar-refractivity contribution in [3.8, 4) is 0 Å². The number of benzene rings is 1. The van der Waals surface area contributed by atoms with Gasteiger partial charge in [-0.3, -0.25) is 0 Å². The summed E-state index contributed by atoms with van der Waals surface area (Å²) in [5.41, 5.74) is 3.01. The van der Waals surface area contributed by atoms with Crippen molar-refractivity contribution in [2.45, 2.75) is 37.5 Å².